The summed E-state index contributed by atoms with van der Waals surface area (Å²) in [6.07, 6.45) is 1.91. The third kappa shape index (κ3) is 2.81. The molecule has 2 saturated heterocycles. The van der Waals surface area contributed by atoms with Gasteiger partial charge in [-0.15, -0.1) is 0 Å². The Morgan fingerprint density at radius 3 is 2.69 bits per heavy atom. The highest BCUT2D eigenvalue weighted by Crippen LogP contribution is 2.61. The van der Waals surface area contributed by atoms with Gasteiger partial charge in [0.2, 0.25) is 12.7 Å². The lowest BCUT2D eigenvalue weighted by Crippen LogP contribution is -2.52. The van der Waals surface area contributed by atoms with Gasteiger partial charge in [0.25, 0.3) is 0 Å². The van der Waals surface area contributed by atoms with Crippen LogP contribution in [-0.4, -0.2) is 36.0 Å². The Balaban J connectivity index is 1.46. The Bertz CT molecular complexity index is 1370. The predicted molar refractivity (Wildman–Crippen MR) is 131 cm³/mol. The maximum absolute atomic E-state index is 14.5. The predicted octanol–water partition coefficient (Wildman–Crippen LogP) is 4.98. The fourth-order valence-electron chi connectivity index (χ4n) is 6.80. The number of fused-ring (bicyclic) bond motifs is 5. The van der Waals surface area contributed by atoms with E-state index in [1.54, 1.807) is 18.2 Å². The number of Topliss-reactive ketones (excluding diaryl/α,β-unsaturated/α-hetero) is 1. The number of anilines is 1. The minimum absolute atomic E-state index is 0.0653. The van der Waals surface area contributed by atoms with E-state index in [9.17, 15) is 9.59 Å². The lowest BCUT2D eigenvalue weighted by molar-refractivity contribution is -0.127. The van der Waals surface area contributed by atoms with Gasteiger partial charge >= 0.3 is 0 Å². The van der Waals surface area contributed by atoms with Crippen molar-refractivity contribution >= 4 is 29.0 Å². The van der Waals surface area contributed by atoms with E-state index in [-0.39, 0.29) is 30.4 Å². The molecule has 3 aromatic rings. The average Bonchev–Trinajstić information content (AvgIpc) is 3.63. The van der Waals surface area contributed by atoms with Crippen molar-refractivity contribution in [3.63, 3.8) is 0 Å². The lowest BCUT2D eigenvalue weighted by Gasteiger charge is -2.36. The molecule has 3 aromatic carbocycles. The highest BCUT2D eigenvalue weighted by Gasteiger charge is 2.69. The van der Waals surface area contributed by atoms with Gasteiger partial charge in [0.15, 0.2) is 17.3 Å². The van der Waals surface area contributed by atoms with Gasteiger partial charge in [0.05, 0.1) is 5.92 Å². The van der Waals surface area contributed by atoms with Crippen LogP contribution >= 0.6 is 11.6 Å². The number of ether oxygens (including phenoxy) is 2. The smallest absolute Gasteiger partial charge is 0.250 e. The first-order valence-electron chi connectivity index (χ1n) is 12.0. The largest absolute Gasteiger partial charge is 0.454 e. The van der Waals surface area contributed by atoms with E-state index in [0.717, 1.165) is 36.2 Å². The summed E-state index contributed by atoms with van der Waals surface area (Å²) in [5.41, 5.74) is 2.14. The van der Waals surface area contributed by atoms with Gasteiger partial charge in [-0.1, -0.05) is 41.9 Å². The van der Waals surface area contributed by atoms with Crippen LogP contribution in [0.3, 0.4) is 0 Å². The number of carbonyl (C=O) groups is 2. The van der Waals surface area contributed by atoms with Crippen molar-refractivity contribution in [1.29, 1.82) is 0 Å². The molecule has 2 fully saturated rings. The zero-order valence-corrected chi connectivity index (χ0v) is 19.6. The zero-order valence-electron chi connectivity index (χ0n) is 18.9. The van der Waals surface area contributed by atoms with E-state index in [0.29, 0.717) is 22.1 Å². The summed E-state index contributed by atoms with van der Waals surface area (Å²) in [5.74, 6) is 0.220. The molecular weight excluding hydrogens is 464 g/mol. The number of ketones is 1. The molecule has 4 heterocycles. The van der Waals surface area contributed by atoms with Crippen molar-refractivity contribution < 1.29 is 19.1 Å². The molecule has 0 aliphatic carbocycles. The van der Waals surface area contributed by atoms with Gasteiger partial charge in [0.1, 0.15) is 5.54 Å². The zero-order chi connectivity index (χ0) is 23.7. The first-order chi connectivity index (χ1) is 17.1. The van der Waals surface area contributed by atoms with E-state index < -0.39 is 11.5 Å². The Morgan fingerprint density at radius 1 is 1.03 bits per heavy atom. The highest BCUT2D eigenvalue weighted by atomic mass is 35.5. The van der Waals surface area contributed by atoms with Crippen molar-refractivity contribution in [2.24, 2.45) is 5.92 Å². The molecule has 1 spiro atoms. The number of nitrogens with one attached hydrogen (secondary N) is 1. The molecule has 6 nitrogen and oxygen atoms in total. The minimum Gasteiger partial charge on any atom is -0.454 e. The SMILES string of the molecule is O=C(c1ccc2c(c1)OCO2)[C@@H]1[C@@H](c2ccc(Cl)cc2)[C@H]2CCCN2[C@@]12C(=O)Nc1ccccc12. The van der Waals surface area contributed by atoms with Crippen molar-refractivity contribution in [3.05, 3.63) is 88.4 Å². The third-order valence-corrected chi connectivity index (χ3v) is 8.35. The fourth-order valence-corrected chi connectivity index (χ4v) is 6.93. The van der Waals surface area contributed by atoms with Crippen LogP contribution in [0.25, 0.3) is 0 Å². The number of nitrogens with zero attached hydrogens (tertiary/aromatic N) is 1. The molecule has 4 aliphatic rings. The van der Waals surface area contributed by atoms with Crippen molar-refractivity contribution in [3.8, 4) is 11.5 Å². The highest BCUT2D eigenvalue weighted by molar-refractivity contribution is 6.30. The van der Waals surface area contributed by atoms with Gasteiger partial charge in [-0.25, -0.2) is 0 Å². The molecule has 176 valence electrons. The number of rotatable bonds is 3. The van der Waals surface area contributed by atoms with Crippen LogP contribution in [0.2, 0.25) is 5.02 Å². The van der Waals surface area contributed by atoms with Crippen molar-refractivity contribution in [1.82, 2.24) is 4.90 Å². The number of hydrogen-bond donors (Lipinski definition) is 1. The second-order valence-electron chi connectivity index (χ2n) is 9.66. The van der Waals surface area contributed by atoms with E-state index >= 15 is 0 Å². The van der Waals surface area contributed by atoms with Gasteiger partial charge < -0.3 is 14.8 Å². The van der Waals surface area contributed by atoms with Crippen molar-refractivity contribution in [2.45, 2.75) is 30.3 Å². The van der Waals surface area contributed by atoms with Gasteiger partial charge in [-0.2, -0.15) is 0 Å². The first-order valence-corrected chi connectivity index (χ1v) is 12.3. The van der Waals surface area contributed by atoms with Crippen LogP contribution in [0.15, 0.2) is 66.7 Å². The summed E-state index contributed by atoms with van der Waals surface area (Å²) < 4.78 is 11.0. The molecule has 0 bridgehead atoms. The van der Waals surface area contributed by atoms with Crippen LogP contribution in [0.4, 0.5) is 5.69 Å². The Morgan fingerprint density at radius 2 is 1.83 bits per heavy atom. The van der Waals surface area contributed by atoms with Gasteiger partial charge in [-0.05, 0) is 61.3 Å². The quantitative estimate of drug-likeness (QED) is 0.529. The second kappa shape index (κ2) is 7.57. The summed E-state index contributed by atoms with van der Waals surface area (Å²) in [4.78, 5) is 30.8. The van der Waals surface area contributed by atoms with Gasteiger partial charge in [0, 0.05) is 33.8 Å². The molecule has 0 aromatic heterocycles. The molecule has 1 N–H and O–H groups in total. The topological polar surface area (TPSA) is 67.9 Å². The number of halogens is 1. The van der Waals surface area contributed by atoms with E-state index in [1.165, 1.54) is 0 Å². The van der Waals surface area contributed by atoms with E-state index in [1.807, 2.05) is 48.5 Å². The third-order valence-electron chi connectivity index (χ3n) is 8.10. The minimum atomic E-state index is -1.07. The summed E-state index contributed by atoms with van der Waals surface area (Å²) in [7, 11) is 0. The Hall–Kier alpha value is -3.35. The molecule has 0 radical (unpaired) electrons. The molecule has 7 rings (SSSR count). The molecule has 0 unspecified atom stereocenters. The van der Waals surface area contributed by atoms with Crippen LogP contribution in [-0.2, 0) is 10.3 Å². The molecule has 7 heteroatoms. The van der Waals surface area contributed by atoms with E-state index in [4.69, 9.17) is 21.1 Å². The summed E-state index contributed by atoms with van der Waals surface area (Å²) in [6.45, 7) is 0.904. The number of carbonyl (C=O) groups excluding carboxylic acids is 2. The molecule has 4 atom stereocenters. The summed E-state index contributed by atoms with van der Waals surface area (Å²) in [6, 6.07) is 20.9. The van der Waals surface area contributed by atoms with Crippen LogP contribution < -0.4 is 14.8 Å². The first kappa shape index (κ1) is 21.0. The average molecular weight is 487 g/mol. The number of benzene rings is 3. The number of para-hydroxylation sites is 1. The molecule has 35 heavy (non-hydrogen) atoms. The standard InChI is InChI=1S/C28H23ClN2O4/c29-18-10-7-16(8-11-18)24-21-6-3-13-31(21)28(19-4-1-2-5-20(19)30-27(28)33)25(24)26(32)17-9-12-22-23(14-17)35-15-34-22/h1-2,4-5,7-12,14,21,24-25H,3,6,13,15H2,(H,30,33)/t21-,24+,25+,28-/m1/s1. The molecular formula is C28H23ClN2O4. The van der Waals surface area contributed by atoms with E-state index in [2.05, 4.69) is 10.2 Å². The maximum Gasteiger partial charge on any atom is 0.250 e. The number of hydrogen-bond acceptors (Lipinski definition) is 5. The molecule has 1 amide bonds. The molecule has 4 aliphatic heterocycles. The van der Waals surface area contributed by atoms with Gasteiger partial charge in [-0.3, -0.25) is 14.5 Å². The summed E-state index contributed by atoms with van der Waals surface area (Å²) >= 11 is 6.22. The lowest BCUT2D eigenvalue weighted by atomic mass is 9.69. The van der Waals surface area contributed by atoms with Crippen LogP contribution in [0.5, 0.6) is 11.5 Å². The van der Waals surface area contributed by atoms with Crippen LogP contribution in [0, 0.1) is 5.92 Å². The monoisotopic (exact) mass is 486 g/mol. The van der Waals surface area contributed by atoms with Crippen molar-refractivity contribution in [2.75, 3.05) is 18.7 Å². The fraction of sp³-hybridized carbons (Fsp3) is 0.286. The molecule has 0 saturated carbocycles. The summed E-state index contributed by atoms with van der Waals surface area (Å²) in [5, 5.41) is 3.75. The second-order valence-corrected chi connectivity index (χ2v) is 10.1. The maximum atomic E-state index is 14.5. The Labute approximate surface area is 207 Å². The normalized spacial score (nSPS) is 28.3. The number of amides is 1. The van der Waals surface area contributed by atoms with Crippen LogP contribution in [0.1, 0.15) is 40.2 Å². The Kier molecular flexibility index (Phi) is 4.54.